The lowest BCUT2D eigenvalue weighted by atomic mass is 9.97. The topological polar surface area (TPSA) is 95.5 Å². The molecule has 3 rings (SSSR count). The van der Waals surface area contributed by atoms with Gasteiger partial charge in [-0.1, -0.05) is 6.92 Å². The molecule has 2 N–H and O–H groups in total. The van der Waals surface area contributed by atoms with Crippen molar-refractivity contribution in [3.63, 3.8) is 0 Å². The van der Waals surface area contributed by atoms with Crippen LogP contribution in [0.3, 0.4) is 0 Å². The molecule has 0 aliphatic heterocycles. The number of aliphatic hydroxyl groups is 1. The Morgan fingerprint density at radius 3 is 2.83 bits per heavy atom. The molecule has 0 bridgehead atoms. The highest BCUT2D eigenvalue weighted by Crippen LogP contribution is 2.33. The number of aromatic nitrogens is 2. The molecule has 2 heterocycles. The third-order valence-electron chi connectivity index (χ3n) is 5.29. The van der Waals surface area contributed by atoms with Gasteiger partial charge in [-0.15, -0.1) is 11.3 Å². The van der Waals surface area contributed by atoms with Gasteiger partial charge in [0, 0.05) is 23.9 Å². The van der Waals surface area contributed by atoms with Crippen molar-refractivity contribution < 1.29 is 14.6 Å². The van der Waals surface area contributed by atoms with E-state index >= 15 is 0 Å². The van der Waals surface area contributed by atoms with Gasteiger partial charge in [-0.3, -0.25) is 14.5 Å². The van der Waals surface area contributed by atoms with Gasteiger partial charge in [0.2, 0.25) is 0 Å². The Bertz CT molecular complexity index is 905. The number of hydrogen-bond acceptors (Lipinski definition) is 7. The van der Waals surface area contributed by atoms with Crippen molar-refractivity contribution in [3.05, 3.63) is 26.6 Å². The number of aliphatic hydroxyl groups excluding tert-OH is 1. The van der Waals surface area contributed by atoms with E-state index in [1.165, 1.54) is 16.9 Å². The maximum atomic E-state index is 12.7. The third-order valence-corrected chi connectivity index (χ3v) is 6.48. The third kappa shape index (κ3) is 5.43. The number of carbonyl (C=O) groups is 1. The summed E-state index contributed by atoms with van der Waals surface area (Å²) in [5.41, 5.74) is 1.11. The van der Waals surface area contributed by atoms with Gasteiger partial charge in [-0.05, 0) is 51.5 Å². The number of H-pyrrole nitrogens is 1. The summed E-state index contributed by atoms with van der Waals surface area (Å²) in [4.78, 5) is 36.0. The summed E-state index contributed by atoms with van der Waals surface area (Å²) in [5, 5.41) is 11.0. The van der Waals surface area contributed by atoms with E-state index in [0.29, 0.717) is 25.3 Å². The lowest BCUT2D eigenvalue weighted by molar-refractivity contribution is -0.147. The lowest BCUT2D eigenvalue weighted by Gasteiger charge is -2.28. The SMILES string of the molecule is CCCC(=O)OCC(O)CN(Cc1nc2sc3c(c2c(=O)[nH]1)CCCC3)C(C)C. The van der Waals surface area contributed by atoms with Crippen molar-refractivity contribution >= 4 is 27.5 Å². The predicted octanol–water partition coefficient (Wildman–Crippen LogP) is 2.78. The van der Waals surface area contributed by atoms with Gasteiger partial charge in [0.1, 0.15) is 23.4 Å². The maximum absolute atomic E-state index is 12.7. The molecule has 0 aromatic carbocycles. The van der Waals surface area contributed by atoms with Crippen LogP contribution in [-0.2, 0) is 28.9 Å². The highest BCUT2D eigenvalue weighted by Gasteiger charge is 2.22. The van der Waals surface area contributed by atoms with Crippen LogP contribution >= 0.6 is 11.3 Å². The Morgan fingerprint density at radius 1 is 1.34 bits per heavy atom. The van der Waals surface area contributed by atoms with Gasteiger partial charge in [0.25, 0.3) is 5.56 Å². The Hall–Kier alpha value is -1.77. The van der Waals surface area contributed by atoms with Crippen LogP contribution in [-0.4, -0.2) is 51.2 Å². The fraction of sp³-hybridized carbons (Fsp3) is 0.667. The minimum absolute atomic E-state index is 0.0251. The molecule has 1 aliphatic rings. The van der Waals surface area contributed by atoms with Crippen LogP contribution in [0.25, 0.3) is 10.2 Å². The van der Waals surface area contributed by atoms with Crippen molar-refractivity contribution in [1.82, 2.24) is 14.9 Å². The normalized spacial score (nSPS) is 15.1. The second-order valence-corrected chi connectivity index (χ2v) is 9.10. The maximum Gasteiger partial charge on any atom is 0.305 e. The lowest BCUT2D eigenvalue weighted by Crippen LogP contribution is -2.39. The molecule has 2 aromatic heterocycles. The molecule has 7 nitrogen and oxygen atoms in total. The number of ether oxygens (including phenoxy) is 1. The molecule has 0 spiro atoms. The average Bonchev–Trinajstić information content (AvgIpc) is 3.04. The number of aromatic amines is 1. The van der Waals surface area contributed by atoms with E-state index in [9.17, 15) is 14.7 Å². The quantitative estimate of drug-likeness (QED) is 0.605. The molecular formula is C21H31N3O4S. The van der Waals surface area contributed by atoms with E-state index in [2.05, 4.69) is 4.98 Å². The van der Waals surface area contributed by atoms with Crippen LogP contribution in [0.15, 0.2) is 4.79 Å². The minimum Gasteiger partial charge on any atom is -0.463 e. The largest absolute Gasteiger partial charge is 0.463 e. The smallest absolute Gasteiger partial charge is 0.305 e. The summed E-state index contributed by atoms with van der Waals surface area (Å²) in [5.74, 6) is 0.311. The molecule has 0 saturated carbocycles. The summed E-state index contributed by atoms with van der Waals surface area (Å²) >= 11 is 1.64. The van der Waals surface area contributed by atoms with Crippen molar-refractivity contribution in [2.24, 2.45) is 0 Å². The van der Waals surface area contributed by atoms with Gasteiger partial charge < -0.3 is 14.8 Å². The van der Waals surface area contributed by atoms with Crippen LogP contribution in [0.5, 0.6) is 0 Å². The van der Waals surface area contributed by atoms with Gasteiger partial charge in [0.05, 0.1) is 11.9 Å². The van der Waals surface area contributed by atoms with Crippen molar-refractivity contribution in [3.8, 4) is 0 Å². The zero-order valence-electron chi connectivity index (χ0n) is 17.5. The molecule has 0 radical (unpaired) electrons. The summed E-state index contributed by atoms with van der Waals surface area (Å²) in [7, 11) is 0. The van der Waals surface area contributed by atoms with Crippen molar-refractivity contribution in [2.45, 2.75) is 78.0 Å². The Kier molecular flexibility index (Phi) is 7.43. The number of rotatable bonds is 9. The van der Waals surface area contributed by atoms with Crippen molar-refractivity contribution in [1.29, 1.82) is 0 Å². The fourth-order valence-electron chi connectivity index (χ4n) is 3.72. The highest BCUT2D eigenvalue weighted by atomic mass is 32.1. The average molecular weight is 422 g/mol. The first kappa shape index (κ1) is 21.9. The minimum atomic E-state index is -0.789. The van der Waals surface area contributed by atoms with Crippen LogP contribution in [0.2, 0.25) is 0 Å². The molecule has 1 atom stereocenters. The van der Waals surface area contributed by atoms with E-state index in [-0.39, 0.29) is 24.2 Å². The van der Waals surface area contributed by atoms with Crippen LogP contribution in [0, 0.1) is 0 Å². The first-order valence-electron chi connectivity index (χ1n) is 10.5. The number of carbonyl (C=O) groups excluding carboxylic acids is 1. The van der Waals surface area contributed by atoms with E-state index in [0.717, 1.165) is 35.9 Å². The molecule has 160 valence electrons. The second kappa shape index (κ2) is 9.82. The number of fused-ring (bicyclic) bond motifs is 3. The Balaban J connectivity index is 1.71. The molecule has 29 heavy (non-hydrogen) atoms. The standard InChI is InChI=1S/C21H31N3O4S/c1-4-7-18(26)28-12-14(25)10-24(13(2)3)11-17-22-20(27)19-15-8-5-6-9-16(15)29-21(19)23-17/h13-14,25H,4-12H2,1-3H3,(H,22,23,27). The molecule has 1 unspecified atom stereocenters. The molecular weight excluding hydrogens is 390 g/mol. The van der Waals surface area contributed by atoms with E-state index < -0.39 is 6.10 Å². The Labute approximate surface area is 175 Å². The molecule has 0 amide bonds. The summed E-state index contributed by atoms with van der Waals surface area (Å²) in [6.45, 7) is 6.69. The number of esters is 1. The summed E-state index contributed by atoms with van der Waals surface area (Å²) in [6, 6.07) is 0.133. The molecule has 1 aliphatic carbocycles. The summed E-state index contributed by atoms with van der Waals surface area (Å²) < 4.78 is 5.11. The summed E-state index contributed by atoms with van der Waals surface area (Å²) in [6.07, 6.45) is 4.58. The first-order valence-corrected chi connectivity index (χ1v) is 11.3. The van der Waals surface area contributed by atoms with Gasteiger partial charge >= 0.3 is 5.97 Å². The number of nitrogens with zero attached hydrogens (tertiary/aromatic N) is 2. The van der Waals surface area contributed by atoms with E-state index in [1.807, 2.05) is 25.7 Å². The van der Waals surface area contributed by atoms with Gasteiger partial charge in [-0.2, -0.15) is 0 Å². The zero-order valence-corrected chi connectivity index (χ0v) is 18.3. The highest BCUT2D eigenvalue weighted by molar-refractivity contribution is 7.18. The molecule has 2 aromatic rings. The molecule has 0 fully saturated rings. The number of hydrogen-bond donors (Lipinski definition) is 2. The number of nitrogens with one attached hydrogen (secondary N) is 1. The number of thiophene rings is 1. The van der Waals surface area contributed by atoms with Gasteiger partial charge in [-0.25, -0.2) is 4.98 Å². The van der Waals surface area contributed by atoms with E-state index in [4.69, 9.17) is 9.72 Å². The second-order valence-electron chi connectivity index (χ2n) is 8.01. The Morgan fingerprint density at radius 2 is 2.10 bits per heavy atom. The zero-order chi connectivity index (χ0) is 21.0. The molecule has 8 heteroatoms. The number of aryl methyl sites for hydroxylation is 2. The van der Waals surface area contributed by atoms with Crippen LogP contribution in [0.4, 0.5) is 0 Å². The van der Waals surface area contributed by atoms with E-state index in [1.54, 1.807) is 11.3 Å². The molecule has 0 saturated heterocycles. The fourth-order valence-corrected chi connectivity index (χ4v) is 5.00. The van der Waals surface area contributed by atoms with Crippen LogP contribution < -0.4 is 5.56 Å². The van der Waals surface area contributed by atoms with Crippen molar-refractivity contribution in [2.75, 3.05) is 13.2 Å². The van der Waals surface area contributed by atoms with Gasteiger partial charge in [0.15, 0.2) is 0 Å². The van der Waals surface area contributed by atoms with Crippen LogP contribution in [0.1, 0.15) is 62.7 Å². The predicted molar refractivity (Wildman–Crippen MR) is 114 cm³/mol. The first-order chi connectivity index (χ1) is 13.9. The monoisotopic (exact) mass is 421 g/mol.